The molecule has 3 saturated heterocycles. The maximum absolute atomic E-state index is 13.6. The first kappa shape index (κ1) is 24.5. The molecule has 8 heteroatoms. The van der Waals surface area contributed by atoms with Crippen molar-refractivity contribution in [3.63, 3.8) is 0 Å². The molecule has 5 atom stereocenters. The highest BCUT2D eigenvalue weighted by atomic mass is 16.6. The lowest BCUT2D eigenvalue weighted by atomic mass is 9.67. The first-order valence-corrected chi connectivity index (χ1v) is 12.6. The molecule has 4 rings (SSSR count). The zero-order chi connectivity index (χ0) is 24.0. The average Bonchev–Trinajstić information content (AvgIpc) is 3.52. The highest BCUT2D eigenvalue weighted by Gasteiger charge is 2.70. The Hall–Kier alpha value is -1.67. The minimum absolute atomic E-state index is 0.136. The molecule has 0 N–H and O–H groups in total. The molecule has 0 aromatic heterocycles. The molecule has 3 aliphatic heterocycles. The molecule has 0 radical (unpaired) electrons. The van der Waals surface area contributed by atoms with Crippen molar-refractivity contribution in [1.82, 2.24) is 4.90 Å². The van der Waals surface area contributed by atoms with Gasteiger partial charge < -0.3 is 18.9 Å². The molecule has 2 bridgehead atoms. The molecule has 1 saturated carbocycles. The topological polar surface area (TPSA) is 91.4 Å². The van der Waals surface area contributed by atoms with Gasteiger partial charge in [-0.15, -0.1) is 0 Å². The van der Waals surface area contributed by atoms with Crippen LogP contribution < -0.4 is 0 Å². The van der Waals surface area contributed by atoms with Gasteiger partial charge in [-0.2, -0.15) is 0 Å². The standard InChI is InChI=1S/C25H39NO7/c1-6-24(9-7-8-10-24)33-22(28)19-20(32-18(27)14-26(15(2)3)16(4)5)17-13-25(21(19)31-17)11-12-30-23(25)29/h15-17,19-21H,6-14H2,1-5H3. The lowest BCUT2D eigenvalue weighted by molar-refractivity contribution is -0.178. The normalized spacial score (nSPS) is 34.6. The van der Waals surface area contributed by atoms with Crippen molar-refractivity contribution in [3.05, 3.63) is 0 Å². The zero-order valence-electron chi connectivity index (χ0n) is 20.6. The third kappa shape index (κ3) is 4.29. The number of nitrogens with zero attached hydrogens (tertiary/aromatic N) is 1. The molecular formula is C25H39NO7. The number of hydrogen-bond donors (Lipinski definition) is 0. The molecule has 4 aliphatic rings. The van der Waals surface area contributed by atoms with E-state index in [9.17, 15) is 14.4 Å². The molecule has 3 heterocycles. The van der Waals surface area contributed by atoms with Gasteiger partial charge in [-0.1, -0.05) is 6.92 Å². The summed E-state index contributed by atoms with van der Waals surface area (Å²) in [5.74, 6) is -1.92. The Balaban J connectivity index is 1.55. The SMILES string of the molecule is CCC1(OC(=O)C2C(OC(=O)CN(C(C)C)C(C)C)C3CC4(CCOC4=O)C2O3)CCCC1. The van der Waals surface area contributed by atoms with E-state index in [4.69, 9.17) is 18.9 Å². The minimum Gasteiger partial charge on any atom is -0.465 e. The molecule has 8 nitrogen and oxygen atoms in total. The van der Waals surface area contributed by atoms with Gasteiger partial charge in [-0.05, 0) is 66.2 Å². The van der Waals surface area contributed by atoms with Gasteiger partial charge in [0.1, 0.15) is 23.0 Å². The van der Waals surface area contributed by atoms with Crippen LogP contribution in [0.4, 0.5) is 0 Å². The van der Waals surface area contributed by atoms with Crippen molar-refractivity contribution >= 4 is 17.9 Å². The molecule has 0 aromatic rings. The zero-order valence-corrected chi connectivity index (χ0v) is 20.6. The van der Waals surface area contributed by atoms with E-state index >= 15 is 0 Å². The van der Waals surface area contributed by atoms with E-state index in [2.05, 4.69) is 0 Å². The molecule has 0 aromatic carbocycles. The highest BCUT2D eigenvalue weighted by molar-refractivity contribution is 5.84. The number of fused-ring (bicyclic) bond motifs is 3. The van der Waals surface area contributed by atoms with Crippen LogP contribution in [0.25, 0.3) is 0 Å². The Morgan fingerprint density at radius 3 is 2.33 bits per heavy atom. The highest BCUT2D eigenvalue weighted by Crippen LogP contribution is 2.56. The fourth-order valence-electron chi connectivity index (χ4n) is 6.42. The lowest BCUT2D eigenvalue weighted by Gasteiger charge is -2.38. The molecule has 186 valence electrons. The third-order valence-corrected chi connectivity index (χ3v) is 8.32. The number of ether oxygens (including phenoxy) is 4. The van der Waals surface area contributed by atoms with Crippen molar-refractivity contribution in [2.45, 2.75) is 116 Å². The van der Waals surface area contributed by atoms with Gasteiger partial charge in [0.15, 0.2) is 0 Å². The number of esters is 3. The molecule has 1 aliphatic carbocycles. The second kappa shape index (κ2) is 9.17. The van der Waals surface area contributed by atoms with E-state index in [0.29, 0.717) is 19.4 Å². The number of hydrogen-bond acceptors (Lipinski definition) is 8. The van der Waals surface area contributed by atoms with Crippen LogP contribution in [0.2, 0.25) is 0 Å². The summed E-state index contributed by atoms with van der Waals surface area (Å²) in [5.41, 5.74) is -1.31. The van der Waals surface area contributed by atoms with Crippen LogP contribution in [0.15, 0.2) is 0 Å². The second-order valence-electron chi connectivity index (χ2n) is 10.8. The summed E-state index contributed by atoms with van der Waals surface area (Å²) in [6, 6.07) is 0.357. The molecule has 1 spiro atoms. The van der Waals surface area contributed by atoms with Crippen molar-refractivity contribution in [2.24, 2.45) is 11.3 Å². The van der Waals surface area contributed by atoms with E-state index in [1.807, 2.05) is 39.5 Å². The van der Waals surface area contributed by atoms with Crippen molar-refractivity contribution in [3.8, 4) is 0 Å². The maximum Gasteiger partial charge on any atom is 0.320 e. The third-order valence-electron chi connectivity index (χ3n) is 8.32. The predicted molar refractivity (Wildman–Crippen MR) is 119 cm³/mol. The molecule has 4 fully saturated rings. The largest absolute Gasteiger partial charge is 0.465 e. The fraction of sp³-hybridized carbons (Fsp3) is 0.880. The summed E-state index contributed by atoms with van der Waals surface area (Å²) < 4.78 is 23.5. The van der Waals surface area contributed by atoms with Crippen molar-refractivity contribution in [1.29, 1.82) is 0 Å². The van der Waals surface area contributed by atoms with E-state index < -0.39 is 41.2 Å². The van der Waals surface area contributed by atoms with Gasteiger partial charge in [0.25, 0.3) is 0 Å². The first-order valence-electron chi connectivity index (χ1n) is 12.6. The monoisotopic (exact) mass is 465 g/mol. The van der Waals surface area contributed by atoms with Crippen LogP contribution in [-0.4, -0.2) is 72.0 Å². The number of carbonyl (C=O) groups excluding carboxylic acids is 3. The summed E-state index contributed by atoms with van der Waals surface area (Å²) >= 11 is 0. The number of carbonyl (C=O) groups is 3. The molecule has 0 amide bonds. The second-order valence-corrected chi connectivity index (χ2v) is 10.8. The van der Waals surface area contributed by atoms with Crippen LogP contribution in [-0.2, 0) is 33.3 Å². The average molecular weight is 466 g/mol. The van der Waals surface area contributed by atoms with Crippen molar-refractivity contribution < 1.29 is 33.3 Å². The van der Waals surface area contributed by atoms with Gasteiger partial charge in [-0.3, -0.25) is 19.3 Å². The predicted octanol–water partition coefficient (Wildman–Crippen LogP) is 3.00. The van der Waals surface area contributed by atoms with Crippen LogP contribution in [0.5, 0.6) is 0 Å². The number of cyclic esters (lactones) is 1. The van der Waals surface area contributed by atoms with Crippen molar-refractivity contribution in [2.75, 3.05) is 13.2 Å². The van der Waals surface area contributed by atoms with E-state index in [1.54, 1.807) is 0 Å². The van der Waals surface area contributed by atoms with Gasteiger partial charge in [-0.25, -0.2) is 0 Å². The van der Waals surface area contributed by atoms with Gasteiger partial charge in [0.05, 0.1) is 25.4 Å². The lowest BCUT2D eigenvalue weighted by Crippen LogP contribution is -2.53. The molecular weight excluding hydrogens is 426 g/mol. The Labute approximate surface area is 196 Å². The number of rotatable bonds is 8. The van der Waals surface area contributed by atoms with E-state index in [-0.39, 0.29) is 30.6 Å². The van der Waals surface area contributed by atoms with Crippen LogP contribution in [0, 0.1) is 11.3 Å². The quantitative estimate of drug-likeness (QED) is 0.399. The van der Waals surface area contributed by atoms with Crippen LogP contribution in [0.1, 0.15) is 79.6 Å². The van der Waals surface area contributed by atoms with Crippen LogP contribution in [0.3, 0.4) is 0 Å². The Bertz CT molecular complexity index is 767. The maximum atomic E-state index is 13.6. The Morgan fingerprint density at radius 2 is 1.79 bits per heavy atom. The Kier molecular flexibility index (Phi) is 6.80. The van der Waals surface area contributed by atoms with Crippen LogP contribution >= 0.6 is 0 Å². The summed E-state index contributed by atoms with van der Waals surface area (Å²) in [4.78, 5) is 41.2. The molecule has 33 heavy (non-hydrogen) atoms. The first-order chi connectivity index (χ1) is 15.6. The summed E-state index contributed by atoms with van der Waals surface area (Å²) in [5, 5.41) is 0. The van der Waals surface area contributed by atoms with E-state index in [1.165, 1.54) is 0 Å². The van der Waals surface area contributed by atoms with Gasteiger partial charge in [0, 0.05) is 18.5 Å². The fourth-order valence-corrected chi connectivity index (χ4v) is 6.42. The minimum atomic E-state index is -0.839. The Morgan fingerprint density at radius 1 is 1.12 bits per heavy atom. The summed E-state index contributed by atoms with van der Waals surface area (Å²) in [7, 11) is 0. The van der Waals surface area contributed by atoms with Gasteiger partial charge >= 0.3 is 17.9 Å². The summed E-state index contributed by atoms with van der Waals surface area (Å²) in [6.07, 6.45) is 3.49. The van der Waals surface area contributed by atoms with Gasteiger partial charge in [0.2, 0.25) is 0 Å². The molecule has 5 unspecified atom stereocenters. The van der Waals surface area contributed by atoms with E-state index in [0.717, 1.165) is 32.1 Å². The summed E-state index contributed by atoms with van der Waals surface area (Å²) in [6.45, 7) is 10.6. The smallest absolute Gasteiger partial charge is 0.320 e.